The molecule has 3 heterocycles. The Labute approximate surface area is 175 Å². The van der Waals surface area contributed by atoms with Gasteiger partial charge < -0.3 is 15.7 Å². The molecule has 1 fully saturated rings. The van der Waals surface area contributed by atoms with Crippen molar-refractivity contribution in [2.45, 2.75) is 38.3 Å². The van der Waals surface area contributed by atoms with E-state index in [1.807, 2.05) is 6.07 Å². The average molecular weight is 465 g/mol. The zero-order valence-electron chi connectivity index (χ0n) is 15.7. The Hall–Kier alpha value is -2.46. The minimum atomic E-state index is -0.652. The minimum absolute atomic E-state index is 0.0538. The Morgan fingerprint density at radius 1 is 1.38 bits per heavy atom. The Kier molecular flexibility index (Phi) is 5.81. The molecule has 2 atom stereocenters. The summed E-state index contributed by atoms with van der Waals surface area (Å²) in [5.41, 5.74) is 1.18. The van der Waals surface area contributed by atoms with Gasteiger partial charge in [0.15, 0.2) is 5.65 Å². The third kappa shape index (κ3) is 4.27. The highest BCUT2D eigenvalue weighted by Gasteiger charge is 2.23. The van der Waals surface area contributed by atoms with Crippen LogP contribution in [-0.2, 0) is 6.54 Å². The molecule has 0 spiro atoms. The van der Waals surface area contributed by atoms with Crippen molar-refractivity contribution < 1.29 is 19.4 Å². The zero-order chi connectivity index (χ0) is 20.4. The van der Waals surface area contributed by atoms with Gasteiger partial charge >= 0.3 is 0 Å². The third-order valence-electron chi connectivity index (χ3n) is 5.27. The normalized spacial score (nSPS) is 19.4. The van der Waals surface area contributed by atoms with Crippen LogP contribution in [0.5, 0.6) is 0 Å². The summed E-state index contributed by atoms with van der Waals surface area (Å²) in [5.74, 6) is 0.523. The number of halogens is 2. The number of pyridine rings is 1. The third-order valence-corrected chi connectivity index (χ3v) is 5.95. The molecule has 0 amide bonds. The monoisotopic (exact) mass is 464 g/mol. The quantitative estimate of drug-likeness (QED) is 0.381. The van der Waals surface area contributed by atoms with Crippen LogP contribution in [0.15, 0.2) is 35.1 Å². The minimum Gasteiger partial charge on any atom is -0.854 e. The number of hydrogen-bond acceptors (Lipinski definition) is 6. The van der Waals surface area contributed by atoms with Gasteiger partial charge in [0.05, 0.1) is 0 Å². The predicted octanol–water partition coefficient (Wildman–Crippen LogP) is 2.10. The van der Waals surface area contributed by atoms with Gasteiger partial charge in [0.25, 0.3) is 0 Å². The number of fused-ring (bicyclic) bond motifs is 1. The fourth-order valence-electron chi connectivity index (χ4n) is 3.76. The maximum Gasteiger partial charge on any atom is 0.249 e. The number of nitrogens with one attached hydrogen (secondary N) is 2. The van der Waals surface area contributed by atoms with Gasteiger partial charge in [-0.05, 0) is 40.8 Å². The Bertz CT molecular complexity index is 1010. The van der Waals surface area contributed by atoms with E-state index in [4.69, 9.17) is 0 Å². The van der Waals surface area contributed by atoms with Crippen LogP contribution >= 0.6 is 15.9 Å². The molecule has 1 saturated carbocycles. The fourth-order valence-corrected chi connectivity index (χ4v) is 4.10. The van der Waals surface area contributed by atoms with Gasteiger partial charge in [-0.1, -0.05) is 12.8 Å². The molecule has 0 bridgehead atoms. The van der Waals surface area contributed by atoms with Gasteiger partial charge in [0, 0.05) is 35.0 Å². The molecule has 154 valence electrons. The summed E-state index contributed by atoms with van der Waals surface area (Å²) in [5, 5.41) is 31.6. The summed E-state index contributed by atoms with van der Waals surface area (Å²) in [6, 6.07) is 5.40. The van der Waals surface area contributed by atoms with Crippen LogP contribution in [0.3, 0.4) is 0 Å². The van der Waals surface area contributed by atoms with Crippen LogP contribution < -0.4 is 20.5 Å². The molecule has 0 radical (unpaired) electrons. The van der Waals surface area contributed by atoms with Crippen molar-refractivity contribution in [3.8, 4) is 0 Å². The first kappa shape index (κ1) is 19.8. The summed E-state index contributed by atoms with van der Waals surface area (Å²) < 4.78 is 16.6. The molecule has 0 saturated heterocycles. The lowest BCUT2D eigenvalue weighted by Gasteiger charge is -2.34. The zero-order valence-corrected chi connectivity index (χ0v) is 17.3. The highest BCUT2D eigenvalue weighted by molar-refractivity contribution is 9.10. The lowest BCUT2D eigenvalue weighted by atomic mass is 9.85. The SMILES string of the molecule is [O-]C[C@H]1CCCC[C@H]1Nc1cc(NCc2ccc[n+](O)c2)n2nc(F)c(Br)c2n1. The van der Waals surface area contributed by atoms with E-state index in [2.05, 4.69) is 36.6 Å². The molecule has 29 heavy (non-hydrogen) atoms. The maximum absolute atomic E-state index is 14.1. The van der Waals surface area contributed by atoms with Crippen LogP contribution in [0.25, 0.3) is 5.65 Å². The van der Waals surface area contributed by atoms with Crippen molar-refractivity contribution in [1.29, 1.82) is 0 Å². The Morgan fingerprint density at radius 3 is 3.00 bits per heavy atom. The van der Waals surface area contributed by atoms with E-state index < -0.39 is 5.95 Å². The summed E-state index contributed by atoms with van der Waals surface area (Å²) in [6.07, 6.45) is 7.07. The highest BCUT2D eigenvalue weighted by Crippen LogP contribution is 2.29. The van der Waals surface area contributed by atoms with Gasteiger partial charge in [0.1, 0.15) is 16.1 Å². The van der Waals surface area contributed by atoms with Crippen molar-refractivity contribution >= 4 is 33.2 Å². The van der Waals surface area contributed by atoms with Crippen molar-refractivity contribution in [3.63, 3.8) is 0 Å². The van der Waals surface area contributed by atoms with E-state index in [1.165, 1.54) is 10.7 Å². The standard InChI is InChI=1S/C19H22BrFN6O2/c20-17-18(21)25-27-16(22-9-12-4-3-7-26(29)10-12)8-15(24-19(17)27)23-14-6-2-1-5-13(14)11-28/h3-4,7-8,10,13-14,22,29H,1-2,5-6,9,11H2,(H,23,24)/t13-,14-/m1/s1. The summed E-state index contributed by atoms with van der Waals surface area (Å²) >= 11 is 3.21. The van der Waals surface area contributed by atoms with Gasteiger partial charge in [-0.25, -0.2) is 4.98 Å². The second-order valence-electron chi connectivity index (χ2n) is 7.27. The second kappa shape index (κ2) is 8.50. The van der Waals surface area contributed by atoms with E-state index in [0.29, 0.717) is 23.8 Å². The van der Waals surface area contributed by atoms with Crippen LogP contribution in [0, 0.1) is 11.9 Å². The lowest BCUT2D eigenvalue weighted by Crippen LogP contribution is -2.38. The molecule has 0 aliphatic heterocycles. The van der Waals surface area contributed by atoms with Crippen LogP contribution in [0.2, 0.25) is 0 Å². The van der Waals surface area contributed by atoms with E-state index in [1.54, 1.807) is 18.3 Å². The van der Waals surface area contributed by atoms with Crippen molar-refractivity contribution in [1.82, 2.24) is 14.6 Å². The number of nitrogens with zero attached hydrogens (tertiary/aromatic N) is 4. The van der Waals surface area contributed by atoms with Gasteiger partial charge in [0.2, 0.25) is 18.3 Å². The predicted molar refractivity (Wildman–Crippen MR) is 106 cm³/mol. The number of hydrogen-bond donors (Lipinski definition) is 3. The largest absolute Gasteiger partial charge is 0.854 e. The van der Waals surface area contributed by atoms with E-state index in [-0.39, 0.29) is 23.0 Å². The van der Waals surface area contributed by atoms with Crippen LogP contribution in [-0.4, -0.2) is 32.5 Å². The molecule has 10 heteroatoms. The van der Waals surface area contributed by atoms with E-state index in [9.17, 15) is 14.7 Å². The molecule has 1 aliphatic rings. The first-order chi connectivity index (χ1) is 14.0. The Balaban J connectivity index is 1.64. The van der Waals surface area contributed by atoms with E-state index in [0.717, 1.165) is 36.0 Å². The molecular formula is C19H22BrFN6O2. The first-order valence-electron chi connectivity index (χ1n) is 9.58. The molecule has 3 aromatic heterocycles. The van der Waals surface area contributed by atoms with Gasteiger partial charge in [-0.15, -0.1) is 11.7 Å². The van der Waals surface area contributed by atoms with Crippen molar-refractivity contribution in [3.05, 3.63) is 46.6 Å². The van der Waals surface area contributed by atoms with Crippen molar-refractivity contribution in [2.24, 2.45) is 5.92 Å². The maximum atomic E-state index is 14.1. The fraction of sp³-hybridized carbons (Fsp3) is 0.421. The molecule has 0 aromatic carbocycles. The molecule has 0 unspecified atom stereocenters. The van der Waals surface area contributed by atoms with Crippen LogP contribution in [0.4, 0.5) is 16.0 Å². The van der Waals surface area contributed by atoms with Gasteiger partial charge in [-0.2, -0.15) is 8.91 Å². The topological polar surface area (TPSA) is 101 Å². The summed E-state index contributed by atoms with van der Waals surface area (Å²) in [4.78, 5) is 4.50. The summed E-state index contributed by atoms with van der Waals surface area (Å²) in [7, 11) is 0. The first-order valence-corrected chi connectivity index (χ1v) is 10.4. The highest BCUT2D eigenvalue weighted by atomic mass is 79.9. The van der Waals surface area contributed by atoms with Crippen molar-refractivity contribution in [2.75, 3.05) is 17.2 Å². The van der Waals surface area contributed by atoms with Crippen LogP contribution in [0.1, 0.15) is 31.2 Å². The number of anilines is 2. The molecular weight excluding hydrogens is 443 g/mol. The molecule has 8 nitrogen and oxygen atoms in total. The Morgan fingerprint density at radius 2 is 2.21 bits per heavy atom. The molecule has 1 aliphatic carbocycles. The number of rotatable bonds is 6. The number of aromatic nitrogens is 4. The smallest absolute Gasteiger partial charge is 0.249 e. The molecule has 4 rings (SSSR count). The molecule has 3 N–H and O–H groups in total. The lowest BCUT2D eigenvalue weighted by molar-refractivity contribution is -0.905. The van der Waals surface area contributed by atoms with E-state index >= 15 is 0 Å². The average Bonchev–Trinajstić information content (AvgIpc) is 3.01. The van der Waals surface area contributed by atoms with Gasteiger partial charge in [-0.3, -0.25) is 5.21 Å². The molecule has 3 aromatic rings. The second-order valence-corrected chi connectivity index (χ2v) is 8.07. The summed E-state index contributed by atoms with van der Waals surface area (Å²) in [6.45, 7) is 0.275.